The van der Waals surface area contributed by atoms with Crippen molar-refractivity contribution in [2.75, 3.05) is 14.2 Å². The molecule has 9 nitrogen and oxygen atoms in total. The van der Waals surface area contributed by atoms with Gasteiger partial charge in [-0.05, 0) is 54.4 Å². The van der Waals surface area contributed by atoms with Crippen LogP contribution in [0.4, 0.5) is 0 Å². The summed E-state index contributed by atoms with van der Waals surface area (Å²) in [5.41, 5.74) is 1.95. The van der Waals surface area contributed by atoms with Gasteiger partial charge in [0.2, 0.25) is 5.75 Å². The summed E-state index contributed by atoms with van der Waals surface area (Å²) in [5, 5.41) is 14.1. The van der Waals surface area contributed by atoms with Crippen LogP contribution in [0.5, 0.6) is 17.2 Å². The molecule has 1 N–H and O–H groups in total. The molecule has 0 spiro atoms. The fourth-order valence-electron chi connectivity index (χ4n) is 3.92. The first-order chi connectivity index (χ1) is 18.7. The number of carboxylic acid groups (broad SMARTS) is 1. The second-order valence-corrected chi connectivity index (χ2v) is 9.76. The fraction of sp³-hybridized carbons (Fsp3) is 0.241. The summed E-state index contributed by atoms with van der Waals surface area (Å²) in [7, 11) is 3.03. The molecule has 10 heteroatoms. The van der Waals surface area contributed by atoms with Crippen molar-refractivity contribution in [2.45, 2.75) is 32.8 Å². The molecule has 1 aromatic heterocycles. The molecule has 4 rings (SSSR count). The van der Waals surface area contributed by atoms with Gasteiger partial charge in [0.25, 0.3) is 5.56 Å². The highest BCUT2D eigenvalue weighted by atomic mass is 79.9. The third kappa shape index (κ3) is 6.12. The van der Waals surface area contributed by atoms with Crippen LogP contribution < -0.4 is 19.8 Å². The maximum absolute atomic E-state index is 13.4. The van der Waals surface area contributed by atoms with Crippen LogP contribution in [0.1, 0.15) is 53.5 Å². The van der Waals surface area contributed by atoms with Crippen molar-refractivity contribution < 1.29 is 24.1 Å². The van der Waals surface area contributed by atoms with E-state index in [4.69, 9.17) is 24.3 Å². The Kier molecular flexibility index (Phi) is 8.65. The number of halogens is 1. The Labute approximate surface area is 233 Å². The van der Waals surface area contributed by atoms with Crippen molar-refractivity contribution in [3.8, 4) is 17.2 Å². The van der Waals surface area contributed by atoms with Crippen molar-refractivity contribution in [2.24, 2.45) is 5.10 Å². The first kappa shape index (κ1) is 27.8. The number of hydrogen-bond acceptors (Lipinski definition) is 7. The van der Waals surface area contributed by atoms with Crippen molar-refractivity contribution in [1.82, 2.24) is 9.66 Å². The number of nitrogens with zero attached hydrogens (tertiary/aromatic N) is 3. The van der Waals surface area contributed by atoms with Crippen molar-refractivity contribution >= 4 is 39.0 Å². The van der Waals surface area contributed by atoms with Gasteiger partial charge in [-0.3, -0.25) is 4.79 Å². The lowest BCUT2D eigenvalue weighted by molar-refractivity contribution is 0.0697. The normalized spacial score (nSPS) is 12.0. The van der Waals surface area contributed by atoms with E-state index in [1.54, 1.807) is 36.5 Å². The smallest absolute Gasteiger partial charge is 0.335 e. The summed E-state index contributed by atoms with van der Waals surface area (Å²) < 4.78 is 19.2. The number of aromatic nitrogens is 2. The molecule has 39 heavy (non-hydrogen) atoms. The quantitative estimate of drug-likeness (QED) is 0.229. The number of ether oxygens (including phenoxy) is 3. The zero-order valence-electron chi connectivity index (χ0n) is 22.0. The van der Waals surface area contributed by atoms with Crippen LogP contribution in [0, 0.1) is 0 Å². The number of fused-ring (bicyclic) bond motifs is 1. The minimum absolute atomic E-state index is 0.00677. The van der Waals surface area contributed by atoms with Gasteiger partial charge in [-0.1, -0.05) is 41.9 Å². The Hall–Kier alpha value is -4.18. The molecule has 202 valence electrons. The summed E-state index contributed by atoms with van der Waals surface area (Å²) in [6, 6.07) is 15.3. The highest BCUT2D eigenvalue weighted by molar-refractivity contribution is 9.10. The maximum atomic E-state index is 13.4. The molecule has 0 aliphatic carbocycles. The van der Waals surface area contributed by atoms with Gasteiger partial charge in [0.1, 0.15) is 12.4 Å². The minimum atomic E-state index is -0.992. The van der Waals surface area contributed by atoms with Crippen LogP contribution in [-0.2, 0) is 6.61 Å². The average molecular weight is 594 g/mol. The average Bonchev–Trinajstić information content (AvgIpc) is 2.95. The number of hydrogen-bond donors (Lipinski definition) is 1. The Balaban J connectivity index is 1.69. The Morgan fingerprint density at radius 1 is 1.10 bits per heavy atom. The van der Waals surface area contributed by atoms with E-state index in [0.29, 0.717) is 39.5 Å². The summed E-state index contributed by atoms with van der Waals surface area (Å²) in [6.07, 6.45) is 2.34. The topological polar surface area (TPSA) is 112 Å². The van der Waals surface area contributed by atoms with E-state index in [1.807, 2.05) is 26.0 Å². The lowest BCUT2D eigenvalue weighted by Crippen LogP contribution is -2.23. The van der Waals surface area contributed by atoms with Gasteiger partial charge in [0.05, 0.1) is 36.9 Å². The summed E-state index contributed by atoms with van der Waals surface area (Å²) >= 11 is 3.43. The van der Waals surface area contributed by atoms with Gasteiger partial charge < -0.3 is 19.3 Å². The number of methoxy groups -OCH3 is 2. The highest BCUT2D eigenvalue weighted by Gasteiger charge is 2.17. The highest BCUT2D eigenvalue weighted by Crippen LogP contribution is 2.38. The number of aromatic carboxylic acids is 1. The Bertz CT molecular complexity index is 1570. The fourth-order valence-corrected chi connectivity index (χ4v) is 4.28. The number of rotatable bonds is 10. The number of benzene rings is 3. The molecule has 1 atom stereocenters. The predicted octanol–water partition coefficient (Wildman–Crippen LogP) is 5.85. The lowest BCUT2D eigenvalue weighted by Gasteiger charge is -2.16. The van der Waals surface area contributed by atoms with Gasteiger partial charge in [0.15, 0.2) is 11.5 Å². The van der Waals surface area contributed by atoms with Crippen LogP contribution in [0.25, 0.3) is 10.9 Å². The predicted molar refractivity (Wildman–Crippen MR) is 153 cm³/mol. The minimum Gasteiger partial charge on any atom is -0.493 e. The van der Waals surface area contributed by atoms with E-state index in [2.05, 4.69) is 21.0 Å². The summed E-state index contributed by atoms with van der Waals surface area (Å²) in [4.78, 5) is 29.2. The third-order valence-electron chi connectivity index (χ3n) is 6.28. The molecule has 0 aliphatic rings. The molecule has 0 amide bonds. The van der Waals surface area contributed by atoms with Crippen molar-refractivity contribution in [3.63, 3.8) is 0 Å². The van der Waals surface area contributed by atoms with Gasteiger partial charge in [-0.25, -0.2) is 9.78 Å². The summed E-state index contributed by atoms with van der Waals surface area (Å²) in [5.74, 6) is 0.790. The zero-order chi connectivity index (χ0) is 28.1. The van der Waals surface area contributed by atoms with Crippen LogP contribution in [0.3, 0.4) is 0 Å². The zero-order valence-corrected chi connectivity index (χ0v) is 23.6. The first-order valence-electron chi connectivity index (χ1n) is 12.2. The second-order valence-electron chi connectivity index (χ2n) is 8.85. The third-order valence-corrected chi connectivity index (χ3v) is 6.77. The van der Waals surface area contributed by atoms with Crippen LogP contribution in [0.2, 0.25) is 0 Å². The molecular formula is C29H28BrN3O6. The number of carbonyl (C=O) groups is 1. The van der Waals surface area contributed by atoms with Crippen molar-refractivity contribution in [1.29, 1.82) is 0 Å². The van der Waals surface area contributed by atoms with E-state index < -0.39 is 5.97 Å². The van der Waals surface area contributed by atoms with Gasteiger partial charge in [-0.15, -0.1) is 0 Å². The van der Waals surface area contributed by atoms with E-state index in [0.717, 1.165) is 16.5 Å². The first-order valence-corrected chi connectivity index (χ1v) is 13.0. The van der Waals surface area contributed by atoms with Crippen LogP contribution in [-0.4, -0.2) is 41.2 Å². The van der Waals surface area contributed by atoms with Gasteiger partial charge in [-0.2, -0.15) is 9.78 Å². The van der Waals surface area contributed by atoms with Gasteiger partial charge >= 0.3 is 5.97 Å². The Morgan fingerprint density at radius 3 is 2.36 bits per heavy atom. The van der Waals surface area contributed by atoms with Crippen molar-refractivity contribution in [3.05, 3.63) is 91.9 Å². The molecule has 0 radical (unpaired) electrons. The molecule has 0 saturated heterocycles. The van der Waals surface area contributed by atoms with Crippen LogP contribution in [0.15, 0.2) is 69.0 Å². The lowest BCUT2D eigenvalue weighted by atomic mass is 10.1. The van der Waals surface area contributed by atoms with Crippen LogP contribution >= 0.6 is 15.9 Å². The molecule has 0 fully saturated rings. The Morgan fingerprint density at radius 2 is 1.77 bits per heavy atom. The second kappa shape index (κ2) is 12.1. The molecule has 0 saturated carbocycles. The van der Waals surface area contributed by atoms with Gasteiger partial charge in [0, 0.05) is 16.0 Å². The van der Waals surface area contributed by atoms with E-state index >= 15 is 0 Å². The molecule has 4 aromatic rings. The maximum Gasteiger partial charge on any atom is 0.335 e. The molecular weight excluding hydrogens is 566 g/mol. The molecule has 0 aliphatic heterocycles. The standard InChI is InChI=1S/C29H28BrN3O6/c1-5-17(2)27-32-23-11-10-21(30)14-22(23)28(34)33(27)31-15-19-12-24(37-3)26(25(13-19)38-4)39-16-18-6-8-20(9-7-18)29(35)36/h6-15,17H,5,16H2,1-4H3,(H,35,36)/t17-/m1/s1. The monoisotopic (exact) mass is 593 g/mol. The molecule has 0 unspecified atom stereocenters. The summed E-state index contributed by atoms with van der Waals surface area (Å²) in [6.45, 7) is 4.21. The number of carboxylic acids is 1. The van der Waals surface area contributed by atoms with E-state index in [-0.39, 0.29) is 23.6 Å². The molecule has 3 aromatic carbocycles. The van der Waals surface area contributed by atoms with E-state index in [9.17, 15) is 9.59 Å². The van der Waals surface area contributed by atoms with E-state index in [1.165, 1.54) is 31.0 Å². The largest absolute Gasteiger partial charge is 0.493 e. The SMILES string of the molecule is CC[C@@H](C)c1nc2ccc(Br)cc2c(=O)n1N=Cc1cc(OC)c(OCc2ccc(C(=O)O)cc2)c(OC)c1. The molecule has 1 heterocycles. The molecule has 0 bridgehead atoms.